The lowest BCUT2D eigenvalue weighted by Gasteiger charge is -2.21. The third-order valence-electron chi connectivity index (χ3n) is 6.36. The molecule has 2 aliphatic rings. The summed E-state index contributed by atoms with van der Waals surface area (Å²) in [5.74, 6) is 0.912. The van der Waals surface area contributed by atoms with E-state index in [1.54, 1.807) is 10.6 Å². The lowest BCUT2D eigenvalue weighted by atomic mass is 10.1. The molecule has 1 amide bonds. The number of rotatable bonds is 7. The predicted octanol–water partition coefficient (Wildman–Crippen LogP) is 5.30. The maximum absolute atomic E-state index is 12.7. The van der Waals surface area contributed by atoms with Gasteiger partial charge in [0.2, 0.25) is 5.91 Å². The van der Waals surface area contributed by atoms with Gasteiger partial charge in [0.25, 0.3) is 11.3 Å². The second-order valence-corrected chi connectivity index (χ2v) is 9.16. The second kappa shape index (κ2) is 9.02. The zero-order valence-electron chi connectivity index (χ0n) is 18.4. The first-order valence-corrected chi connectivity index (χ1v) is 12.0. The van der Waals surface area contributed by atoms with Crippen LogP contribution in [0.3, 0.4) is 0 Å². The third kappa shape index (κ3) is 4.53. The van der Waals surface area contributed by atoms with E-state index in [9.17, 15) is 9.59 Å². The summed E-state index contributed by atoms with van der Waals surface area (Å²) >= 11 is 5.35. The molecule has 5 rings (SSSR count). The van der Waals surface area contributed by atoms with Crippen LogP contribution in [-0.4, -0.2) is 21.2 Å². The van der Waals surface area contributed by atoms with Gasteiger partial charge in [-0.05, 0) is 62.2 Å². The number of aromatic amines is 1. The number of fused-ring (bicyclic) bond motifs is 2. The van der Waals surface area contributed by atoms with Crippen molar-refractivity contribution < 1.29 is 14.3 Å². The van der Waals surface area contributed by atoms with Gasteiger partial charge >= 0.3 is 0 Å². The summed E-state index contributed by atoms with van der Waals surface area (Å²) in [7, 11) is 0. The third-order valence-corrected chi connectivity index (χ3v) is 6.68. The monoisotopic (exact) mass is 465 g/mol. The van der Waals surface area contributed by atoms with Gasteiger partial charge in [-0.25, -0.2) is 0 Å². The van der Waals surface area contributed by atoms with Crippen LogP contribution >= 0.6 is 12.2 Å². The molecule has 0 atom stereocenters. The normalized spacial score (nSPS) is 15.9. The van der Waals surface area contributed by atoms with Gasteiger partial charge in [0, 0.05) is 37.6 Å². The van der Waals surface area contributed by atoms with Crippen LogP contribution in [0.25, 0.3) is 10.9 Å². The summed E-state index contributed by atoms with van der Waals surface area (Å²) in [6.45, 7) is 0.532. The van der Waals surface area contributed by atoms with Gasteiger partial charge in [-0.15, -0.1) is 0 Å². The molecule has 0 saturated heterocycles. The van der Waals surface area contributed by atoms with Crippen molar-refractivity contribution in [1.29, 1.82) is 0 Å². The Bertz CT molecular complexity index is 1310. The number of nitrogens with one attached hydrogen (secondary N) is 2. The van der Waals surface area contributed by atoms with E-state index in [0.29, 0.717) is 34.6 Å². The van der Waals surface area contributed by atoms with Gasteiger partial charge in [-0.1, -0.05) is 18.6 Å². The fourth-order valence-electron chi connectivity index (χ4n) is 4.65. The Balaban J connectivity index is 1.10. The van der Waals surface area contributed by atoms with Crippen molar-refractivity contribution in [3.63, 3.8) is 0 Å². The molecule has 8 heteroatoms. The predicted molar refractivity (Wildman–Crippen MR) is 129 cm³/mol. The van der Waals surface area contributed by atoms with Gasteiger partial charge in [0.05, 0.1) is 10.9 Å². The van der Waals surface area contributed by atoms with Gasteiger partial charge in [0.15, 0.2) is 16.3 Å². The molecule has 2 N–H and O–H groups in total. The van der Waals surface area contributed by atoms with Crippen molar-refractivity contribution >= 4 is 34.7 Å². The lowest BCUT2D eigenvalue weighted by molar-refractivity contribution is -0.116. The Morgan fingerprint density at radius 3 is 2.70 bits per heavy atom. The minimum Gasteiger partial charge on any atom is -0.448 e. The van der Waals surface area contributed by atoms with E-state index in [0.717, 1.165) is 56.2 Å². The summed E-state index contributed by atoms with van der Waals surface area (Å²) in [6.07, 6.45) is 6.77. The van der Waals surface area contributed by atoms with E-state index < -0.39 is 5.79 Å². The number of ether oxygens (including phenoxy) is 2. The van der Waals surface area contributed by atoms with Crippen LogP contribution in [0.5, 0.6) is 11.5 Å². The number of hydrogen-bond donors (Lipinski definition) is 2. The zero-order chi connectivity index (χ0) is 22.8. The number of anilines is 1. The smallest absolute Gasteiger partial charge is 0.262 e. The Kier molecular flexibility index (Phi) is 5.93. The summed E-state index contributed by atoms with van der Waals surface area (Å²) in [6, 6.07) is 12.9. The molecule has 0 bridgehead atoms. The van der Waals surface area contributed by atoms with Gasteiger partial charge in [-0.2, -0.15) is 0 Å². The molecule has 1 aliphatic carbocycles. The molecule has 33 heavy (non-hydrogen) atoms. The highest BCUT2D eigenvalue weighted by Gasteiger charge is 2.44. The Labute approximate surface area is 196 Å². The standard InChI is InChI=1S/C25H27N3O4S/c29-22(26-17-11-12-20-21(16-17)32-25(31-20)13-5-6-14-25)10-2-1-7-15-28-23(30)18-8-3-4-9-19(18)27-24(28)33/h3-4,8-9,11-12,16H,1-2,5-7,10,13-15H2,(H,26,29)(H,27,33). The van der Waals surface area contributed by atoms with E-state index in [1.807, 2.05) is 36.4 Å². The number of carbonyl (C=O) groups excluding carboxylic acids is 1. The molecular weight excluding hydrogens is 438 g/mol. The number of amides is 1. The van der Waals surface area contributed by atoms with Gasteiger partial charge in [-0.3, -0.25) is 14.2 Å². The summed E-state index contributed by atoms with van der Waals surface area (Å²) in [4.78, 5) is 28.2. The van der Waals surface area contributed by atoms with Crippen molar-refractivity contribution in [2.75, 3.05) is 5.32 Å². The van der Waals surface area contributed by atoms with Crippen LogP contribution in [0, 0.1) is 4.77 Å². The fraction of sp³-hybridized carbons (Fsp3) is 0.400. The molecule has 172 valence electrons. The number of H-pyrrole nitrogens is 1. The maximum Gasteiger partial charge on any atom is 0.262 e. The first-order valence-electron chi connectivity index (χ1n) is 11.6. The van der Waals surface area contributed by atoms with Crippen LogP contribution in [0.4, 0.5) is 5.69 Å². The molecule has 1 aromatic heterocycles. The molecule has 0 unspecified atom stereocenters. The summed E-state index contributed by atoms with van der Waals surface area (Å²) in [5.41, 5.74) is 1.39. The van der Waals surface area contributed by atoms with Crippen molar-refractivity contribution in [1.82, 2.24) is 9.55 Å². The maximum atomic E-state index is 12.7. The number of aromatic nitrogens is 2. The number of nitrogens with zero attached hydrogens (tertiary/aromatic N) is 1. The minimum atomic E-state index is -0.499. The second-order valence-electron chi connectivity index (χ2n) is 8.77. The highest BCUT2D eigenvalue weighted by Crippen LogP contribution is 2.47. The van der Waals surface area contributed by atoms with Crippen LogP contribution in [0.2, 0.25) is 0 Å². The first-order chi connectivity index (χ1) is 16.0. The van der Waals surface area contributed by atoms with Crippen LogP contribution < -0.4 is 20.3 Å². The van der Waals surface area contributed by atoms with Crippen LogP contribution in [-0.2, 0) is 11.3 Å². The van der Waals surface area contributed by atoms with Crippen molar-refractivity contribution in [2.45, 2.75) is 63.7 Å². The Morgan fingerprint density at radius 2 is 1.85 bits per heavy atom. The van der Waals surface area contributed by atoms with Crippen molar-refractivity contribution in [2.24, 2.45) is 0 Å². The molecule has 2 aromatic carbocycles. The molecule has 1 fully saturated rings. The number of carbonyl (C=O) groups is 1. The average Bonchev–Trinajstić information content (AvgIpc) is 3.40. The van der Waals surface area contributed by atoms with Crippen molar-refractivity contribution in [3.05, 3.63) is 57.6 Å². The van der Waals surface area contributed by atoms with E-state index in [4.69, 9.17) is 21.7 Å². The molecule has 3 aromatic rings. The molecule has 1 aliphatic heterocycles. The minimum absolute atomic E-state index is 0.0374. The van der Waals surface area contributed by atoms with E-state index in [2.05, 4.69) is 10.3 Å². The van der Waals surface area contributed by atoms with E-state index in [1.165, 1.54) is 0 Å². The van der Waals surface area contributed by atoms with Crippen molar-refractivity contribution in [3.8, 4) is 11.5 Å². The summed E-state index contributed by atoms with van der Waals surface area (Å²) in [5, 5.41) is 3.58. The topological polar surface area (TPSA) is 85.4 Å². The number of hydrogen-bond acceptors (Lipinski definition) is 5. The number of benzene rings is 2. The molecule has 2 heterocycles. The van der Waals surface area contributed by atoms with Crippen LogP contribution in [0.1, 0.15) is 51.4 Å². The number of para-hydroxylation sites is 1. The highest BCUT2D eigenvalue weighted by molar-refractivity contribution is 7.71. The van der Waals surface area contributed by atoms with Gasteiger partial charge in [0.1, 0.15) is 0 Å². The van der Waals surface area contributed by atoms with E-state index >= 15 is 0 Å². The van der Waals surface area contributed by atoms with E-state index in [-0.39, 0.29) is 11.5 Å². The molecular formula is C25H27N3O4S. The number of unbranched alkanes of at least 4 members (excludes halogenated alkanes) is 2. The first kappa shape index (κ1) is 21.7. The average molecular weight is 466 g/mol. The molecule has 1 spiro atoms. The van der Waals surface area contributed by atoms with Crippen LogP contribution in [0.15, 0.2) is 47.3 Å². The summed E-state index contributed by atoms with van der Waals surface area (Å²) < 4.78 is 14.1. The molecule has 7 nitrogen and oxygen atoms in total. The van der Waals surface area contributed by atoms with Gasteiger partial charge < -0.3 is 19.8 Å². The molecule has 0 radical (unpaired) electrons. The Morgan fingerprint density at radius 1 is 1.06 bits per heavy atom. The zero-order valence-corrected chi connectivity index (χ0v) is 19.2. The lowest BCUT2D eigenvalue weighted by Crippen LogP contribution is -2.34. The largest absolute Gasteiger partial charge is 0.448 e. The molecule has 1 saturated carbocycles. The highest BCUT2D eigenvalue weighted by atomic mass is 32.1. The SMILES string of the molecule is O=C(CCCCCn1c(=S)[nH]c2ccccc2c1=O)Nc1ccc2c(c1)OC1(CCCC1)O2. The Hall–Kier alpha value is -3.13. The quantitative estimate of drug-likeness (QED) is 0.365. The fourth-order valence-corrected chi connectivity index (χ4v) is 4.93.